The van der Waals surface area contributed by atoms with Crippen LogP contribution in [0.3, 0.4) is 0 Å². The van der Waals surface area contributed by atoms with Crippen LogP contribution in [0.15, 0.2) is 17.1 Å². The van der Waals surface area contributed by atoms with Gasteiger partial charge in [0.25, 0.3) is 11.5 Å². The topological polar surface area (TPSA) is 112 Å². The Balaban J connectivity index is 1.45. The van der Waals surface area contributed by atoms with Gasteiger partial charge in [-0.2, -0.15) is 15.4 Å². The maximum Gasteiger partial charge on any atom is 0.276 e. The van der Waals surface area contributed by atoms with Gasteiger partial charge in [-0.1, -0.05) is 0 Å². The van der Waals surface area contributed by atoms with Crippen LogP contribution in [0.2, 0.25) is 0 Å². The molecule has 0 aromatic carbocycles. The molecular formula is C18H21N7O2. The zero-order valence-electron chi connectivity index (χ0n) is 14.9. The van der Waals surface area contributed by atoms with Crippen molar-refractivity contribution in [2.75, 3.05) is 13.1 Å². The van der Waals surface area contributed by atoms with Crippen LogP contribution in [-0.2, 0) is 12.8 Å². The SMILES string of the molecule is O=C(c1cn[nH]n1)N1CCC[C@@H](c2cc3nc4c(c(=O)n3[nH]2)CCCC4)C1. The minimum Gasteiger partial charge on any atom is -0.337 e. The molecule has 0 radical (unpaired) electrons. The summed E-state index contributed by atoms with van der Waals surface area (Å²) in [6, 6.07) is 1.96. The molecule has 4 heterocycles. The smallest absolute Gasteiger partial charge is 0.276 e. The highest BCUT2D eigenvalue weighted by Crippen LogP contribution is 2.27. The highest BCUT2D eigenvalue weighted by Gasteiger charge is 2.28. The van der Waals surface area contributed by atoms with Crippen LogP contribution < -0.4 is 5.56 Å². The van der Waals surface area contributed by atoms with Crippen molar-refractivity contribution >= 4 is 11.6 Å². The van der Waals surface area contributed by atoms with Crippen molar-refractivity contribution in [3.05, 3.63) is 45.3 Å². The maximum absolute atomic E-state index is 12.8. The van der Waals surface area contributed by atoms with E-state index in [1.54, 1.807) is 9.42 Å². The summed E-state index contributed by atoms with van der Waals surface area (Å²) in [4.78, 5) is 31.9. The fourth-order valence-electron chi connectivity index (χ4n) is 4.27. The number of nitrogens with one attached hydrogen (secondary N) is 2. The molecule has 1 saturated heterocycles. The third-order valence-electron chi connectivity index (χ3n) is 5.69. The summed E-state index contributed by atoms with van der Waals surface area (Å²) in [7, 11) is 0. The van der Waals surface area contributed by atoms with Crippen molar-refractivity contribution in [1.82, 2.24) is 34.9 Å². The summed E-state index contributed by atoms with van der Waals surface area (Å²) in [5.41, 5.74) is 3.78. The molecule has 3 aromatic heterocycles. The second kappa shape index (κ2) is 6.33. The van der Waals surface area contributed by atoms with Gasteiger partial charge in [-0.05, 0) is 38.5 Å². The van der Waals surface area contributed by atoms with Crippen molar-refractivity contribution < 1.29 is 4.79 Å². The van der Waals surface area contributed by atoms with Gasteiger partial charge in [0.2, 0.25) is 0 Å². The molecule has 1 aliphatic heterocycles. The van der Waals surface area contributed by atoms with E-state index in [0.717, 1.165) is 55.5 Å². The maximum atomic E-state index is 12.8. The van der Waals surface area contributed by atoms with Crippen LogP contribution in [0.4, 0.5) is 0 Å². The van der Waals surface area contributed by atoms with Crippen LogP contribution in [-0.4, -0.2) is 53.9 Å². The fraction of sp³-hybridized carbons (Fsp3) is 0.500. The van der Waals surface area contributed by atoms with Crippen molar-refractivity contribution in [2.45, 2.75) is 44.4 Å². The van der Waals surface area contributed by atoms with E-state index in [-0.39, 0.29) is 17.4 Å². The molecule has 1 aliphatic carbocycles. The highest BCUT2D eigenvalue weighted by molar-refractivity contribution is 5.92. The Labute approximate surface area is 154 Å². The van der Waals surface area contributed by atoms with Gasteiger partial charge < -0.3 is 4.90 Å². The van der Waals surface area contributed by atoms with Crippen molar-refractivity contribution in [3.63, 3.8) is 0 Å². The van der Waals surface area contributed by atoms with Gasteiger partial charge in [0, 0.05) is 36.3 Å². The van der Waals surface area contributed by atoms with E-state index in [4.69, 9.17) is 4.98 Å². The number of aromatic nitrogens is 6. The molecule has 3 aromatic rings. The molecule has 9 heteroatoms. The Morgan fingerprint density at radius 3 is 2.96 bits per heavy atom. The van der Waals surface area contributed by atoms with E-state index in [1.165, 1.54) is 6.20 Å². The highest BCUT2D eigenvalue weighted by atomic mass is 16.2. The van der Waals surface area contributed by atoms with Crippen molar-refractivity contribution in [1.29, 1.82) is 0 Å². The Morgan fingerprint density at radius 2 is 2.11 bits per heavy atom. The number of aromatic amines is 2. The van der Waals surface area contributed by atoms with Gasteiger partial charge in [0.1, 0.15) is 0 Å². The molecule has 0 saturated carbocycles. The Bertz CT molecular complexity index is 1050. The molecule has 5 rings (SSSR count). The number of hydrogen-bond donors (Lipinski definition) is 2. The Morgan fingerprint density at radius 1 is 1.22 bits per heavy atom. The van der Waals surface area contributed by atoms with E-state index in [9.17, 15) is 9.59 Å². The van der Waals surface area contributed by atoms with Crippen molar-refractivity contribution in [2.24, 2.45) is 0 Å². The number of fused-ring (bicyclic) bond motifs is 2. The molecule has 2 aliphatic rings. The van der Waals surface area contributed by atoms with Crippen LogP contribution in [0.5, 0.6) is 0 Å². The first-order chi connectivity index (χ1) is 13.2. The fourth-order valence-corrected chi connectivity index (χ4v) is 4.27. The molecule has 140 valence electrons. The Hall–Kier alpha value is -2.97. The number of hydrogen-bond acceptors (Lipinski definition) is 5. The van der Waals surface area contributed by atoms with Gasteiger partial charge >= 0.3 is 0 Å². The second-order valence-electron chi connectivity index (χ2n) is 7.40. The zero-order chi connectivity index (χ0) is 18.4. The zero-order valence-corrected chi connectivity index (χ0v) is 14.9. The second-order valence-corrected chi connectivity index (χ2v) is 7.40. The van der Waals surface area contributed by atoms with Crippen LogP contribution >= 0.6 is 0 Å². The number of nitrogens with zero attached hydrogens (tertiary/aromatic N) is 5. The number of carbonyl (C=O) groups is 1. The predicted molar refractivity (Wildman–Crippen MR) is 96.7 cm³/mol. The summed E-state index contributed by atoms with van der Waals surface area (Å²) in [5.74, 6) is 0.0306. The number of aryl methyl sites for hydroxylation is 1. The number of likely N-dealkylation sites (tertiary alicyclic amines) is 1. The first-order valence-electron chi connectivity index (χ1n) is 9.49. The molecule has 2 N–H and O–H groups in total. The summed E-state index contributed by atoms with van der Waals surface area (Å²) < 4.78 is 1.57. The average molecular weight is 367 g/mol. The van der Waals surface area contributed by atoms with Gasteiger partial charge in [-0.25, -0.2) is 9.50 Å². The molecule has 9 nitrogen and oxygen atoms in total. The molecule has 27 heavy (non-hydrogen) atoms. The lowest BCUT2D eigenvalue weighted by molar-refractivity contribution is 0.0699. The van der Waals surface area contributed by atoms with Gasteiger partial charge in [0.15, 0.2) is 11.3 Å². The van der Waals surface area contributed by atoms with E-state index < -0.39 is 0 Å². The minimum absolute atomic E-state index is 0.0206. The Kier molecular flexibility index (Phi) is 3.80. The number of amides is 1. The van der Waals surface area contributed by atoms with Gasteiger partial charge in [0.05, 0.1) is 11.9 Å². The lowest BCUT2D eigenvalue weighted by Crippen LogP contribution is -2.39. The summed E-state index contributed by atoms with van der Waals surface area (Å²) in [6.45, 7) is 1.29. The molecule has 0 spiro atoms. The van der Waals surface area contributed by atoms with Gasteiger partial charge in [-0.3, -0.25) is 14.7 Å². The number of piperidine rings is 1. The summed E-state index contributed by atoms with van der Waals surface area (Å²) >= 11 is 0. The quantitative estimate of drug-likeness (QED) is 0.703. The van der Waals surface area contributed by atoms with Crippen LogP contribution in [0.25, 0.3) is 5.65 Å². The first kappa shape index (κ1) is 16.2. The molecule has 0 unspecified atom stereocenters. The van der Waals surface area contributed by atoms with E-state index in [1.807, 2.05) is 6.07 Å². The normalized spacial score (nSPS) is 20.0. The summed E-state index contributed by atoms with van der Waals surface area (Å²) in [6.07, 6.45) is 7.14. The number of carbonyl (C=O) groups excluding carboxylic acids is 1. The molecular weight excluding hydrogens is 346 g/mol. The third kappa shape index (κ3) is 2.73. The standard InChI is InChI=1S/C18H21N7O2/c26-17-12-5-1-2-6-13(12)20-16-8-14(22-25(16)17)11-4-3-7-24(10-11)18(27)15-9-19-23-21-15/h8-9,11,22H,1-7,10H2,(H,19,21,23)/t11-/m1/s1. The minimum atomic E-state index is -0.115. The monoisotopic (exact) mass is 367 g/mol. The van der Waals surface area contributed by atoms with E-state index in [2.05, 4.69) is 20.5 Å². The van der Waals surface area contributed by atoms with Crippen LogP contribution in [0.1, 0.15) is 59.0 Å². The lowest BCUT2D eigenvalue weighted by atomic mass is 9.94. The average Bonchev–Trinajstić information content (AvgIpc) is 3.38. The number of rotatable bonds is 2. The number of H-pyrrole nitrogens is 2. The summed E-state index contributed by atoms with van der Waals surface area (Å²) in [5, 5.41) is 13.3. The largest absolute Gasteiger partial charge is 0.337 e. The molecule has 1 fully saturated rings. The predicted octanol–water partition coefficient (Wildman–Crippen LogP) is 1.04. The van der Waals surface area contributed by atoms with E-state index in [0.29, 0.717) is 24.4 Å². The van der Waals surface area contributed by atoms with E-state index >= 15 is 0 Å². The first-order valence-corrected chi connectivity index (χ1v) is 9.49. The third-order valence-corrected chi connectivity index (χ3v) is 5.69. The molecule has 0 bridgehead atoms. The molecule has 1 atom stereocenters. The van der Waals surface area contributed by atoms with Crippen molar-refractivity contribution in [3.8, 4) is 0 Å². The lowest BCUT2D eigenvalue weighted by Gasteiger charge is -2.31. The molecule has 1 amide bonds. The van der Waals surface area contributed by atoms with Crippen LogP contribution in [0, 0.1) is 0 Å². The van der Waals surface area contributed by atoms with Gasteiger partial charge in [-0.15, -0.1) is 0 Å².